The Morgan fingerprint density at radius 2 is 1.93 bits per heavy atom. The molecule has 0 radical (unpaired) electrons. The van der Waals surface area contributed by atoms with Crippen LogP contribution in [0.4, 0.5) is 5.69 Å². The number of hydrogen-bond donors (Lipinski definition) is 2. The highest BCUT2D eigenvalue weighted by Gasteiger charge is 2.05. The fourth-order valence-electron chi connectivity index (χ4n) is 1.42. The molecule has 1 rings (SSSR count). The molecule has 0 bridgehead atoms. The highest BCUT2D eigenvalue weighted by molar-refractivity contribution is 5.80. The maximum Gasteiger partial charge on any atom is 0.153 e. The summed E-state index contributed by atoms with van der Waals surface area (Å²) in [5.74, 6) is 0.0457. The van der Waals surface area contributed by atoms with Crippen molar-refractivity contribution in [3.05, 3.63) is 23.8 Å². The predicted octanol–water partition coefficient (Wildman–Crippen LogP) is 2.21. The van der Waals surface area contributed by atoms with Gasteiger partial charge in [-0.2, -0.15) is 0 Å². The van der Waals surface area contributed by atoms with E-state index in [1.807, 2.05) is 19.9 Å². The van der Waals surface area contributed by atoms with Gasteiger partial charge in [0, 0.05) is 24.8 Å². The molecule has 4 N–H and O–H groups in total. The second-order valence-corrected chi connectivity index (χ2v) is 3.03. The number of nitrogens with zero attached hydrogens (tertiary/aromatic N) is 1. The summed E-state index contributed by atoms with van der Waals surface area (Å²) in [7, 11) is 0. The van der Waals surface area contributed by atoms with E-state index in [-0.39, 0.29) is 11.9 Å². The summed E-state index contributed by atoms with van der Waals surface area (Å²) >= 11 is 0. The number of aromatic hydroxyl groups is 1. The first-order valence-corrected chi connectivity index (χ1v) is 4.76. The van der Waals surface area contributed by atoms with Gasteiger partial charge >= 0.3 is 0 Å². The summed E-state index contributed by atoms with van der Waals surface area (Å²) in [6, 6.07) is 5.10. The van der Waals surface area contributed by atoms with Crippen LogP contribution in [0, 0.1) is 0 Å². The Hall–Kier alpha value is -1.55. The Morgan fingerprint density at radius 1 is 1.33 bits per heavy atom. The maximum atomic E-state index is 10.5. The average Bonchev–Trinajstić information content (AvgIpc) is 2.20. The molecule has 0 fully saturated rings. The third kappa shape index (κ3) is 2.95. The van der Waals surface area contributed by atoms with Crippen molar-refractivity contribution >= 4 is 12.0 Å². The monoisotopic (exact) mass is 210 g/mol. The minimum absolute atomic E-state index is 0. The molecule has 4 nitrogen and oxygen atoms in total. The number of carbonyl (C=O) groups is 1. The van der Waals surface area contributed by atoms with E-state index in [9.17, 15) is 9.90 Å². The largest absolute Gasteiger partial charge is 0.507 e. The Balaban J connectivity index is 0.00000196. The first-order chi connectivity index (χ1) is 6.72. The van der Waals surface area contributed by atoms with Crippen molar-refractivity contribution in [2.24, 2.45) is 0 Å². The van der Waals surface area contributed by atoms with Crippen LogP contribution in [0.3, 0.4) is 0 Å². The minimum atomic E-state index is 0. The highest BCUT2D eigenvalue weighted by Crippen LogP contribution is 2.23. The minimum Gasteiger partial charge on any atom is -0.507 e. The van der Waals surface area contributed by atoms with Crippen LogP contribution in [0.25, 0.3) is 0 Å². The lowest BCUT2D eigenvalue weighted by atomic mass is 10.2. The van der Waals surface area contributed by atoms with Crippen LogP contribution in [-0.2, 0) is 0 Å². The molecule has 0 heterocycles. The van der Waals surface area contributed by atoms with Gasteiger partial charge in [0.15, 0.2) is 6.29 Å². The van der Waals surface area contributed by atoms with Gasteiger partial charge in [0.25, 0.3) is 0 Å². The van der Waals surface area contributed by atoms with E-state index in [0.717, 1.165) is 18.8 Å². The van der Waals surface area contributed by atoms with E-state index in [1.54, 1.807) is 12.1 Å². The van der Waals surface area contributed by atoms with Gasteiger partial charge in [0.2, 0.25) is 0 Å². The van der Waals surface area contributed by atoms with Crippen molar-refractivity contribution in [2.75, 3.05) is 18.0 Å². The van der Waals surface area contributed by atoms with Crippen LogP contribution in [0.1, 0.15) is 24.2 Å². The third-order valence-corrected chi connectivity index (χ3v) is 2.27. The zero-order chi connectivity index (χ0) is 10.6. The topological polar surface area (TPSA) is 75.5 Å². The van der Waals surface area contributed by atoms with Crippen LogP contribution < -0.4 is 11.1 Å². The second-order valence-electron chi connectivity index (χ2n) is 3.03. The summed E-state index contributed by atoms with van der Waals surface area (Å²) in [6.07, 6.45) is 0.654. The highest BCUT2D eigenvalue weighted by atomic mass is 16.3. The van der Waals surface area contributed by atoms with Crippen LogP contribution >= 0.6 is 0 Å². The standard InChI is InChI=1S/C11H15NO2.H3N/c1-3-12(4-2)10-6-5-9(8-13)11(14)7-10;/h5-8,14H,3-4H2,1-2H3;1H3. The number of aldehydes is 1. The van der Waals surface area contributed by atoms with Crippen molar-refractivity contribution in [1.29, 1.82) is 0 Å². The molecule has 0 amide bonds. The molecule has 0 aliphatic rings. The number of carbonyl (C=O) groups excluding carboxylic acids is 1. The molecule has 1 aromatic rings. The molecule has 15 heavy (non-hydrogen) atoms. The Morgan fingerprint density at radius 3 is 2.33 bits per heavy atom. The van der Waals surface area contributed by atoms with E-state index in [4.69, 9.17) is 0 Å². The fraction of sp³-hybridized carbons (Fsp3) is 0.364. The van der Waals surface area contributed by atoms with Gasteiger partial charge in [-0.15, -0.1) is 0 Å². The number of benzene rings is 1. The van der Waals surface area contributed by atoms with Crippen molar-refractivity contribution in [1.82, 2.24) is 6.15 Å². The van der Waals surface area contributed by atoms with Crippen LogP contribution in [0.5, 0.6) is 5.75 Å². The molecular formula is C11H18N2O2. The van der Waals surface area contributed by atoms with Crippen molar-refractivity contribution in [2.45, 2.75) is 13.8 Å². The summed E-state index contributed by atoms with van der Waals surface area (Å²) in [5.41, 5.74) is 1.28. The van der Waals surface area contributed by atoms with Gasteiger partial charge < -0.3 is 16.2 Å². The second kappa shape index (κ2) is 6.03. The lowest BCUT2D eigenvalue weighted by molar-refractivity contribution is 0.112. The van der Waals surface area contributed by atoms with Gasteiger partial charge in [-0.25, -0.2) is 0 Å². The van der Waals surface area contributed by atoms with E-state index < -0.39 is 0 Å². The summed E-state index contributed by atoms with van der Waals surface area (Å²) in [4.78, 5) is 12.6. The summed E-state index contributed by atoms with van der Waals surface area (Å²) in [5, 5.41) is 9.47. The Bertz CT molecular complexity index is 322. The molecule has 0 aromatic heterocycles. The SMILES string of the molecule is CCN(CC)c1ccc(C=O)c(O)c1.N. The molecule has 0 saturated carbocycles. The number of anilines is 1. The third-order valence-electron chi connectivity index (χ3n) is 2.27. The smallest absolute Gasteiger partial charge is 0.153 e. The van der Waals surface area contributed by atoms with Crippen molar-refractivity contribution < 1.29 is 9.90 Å². The lowest BCUT2D eigenvalue weighted by Crippen LogP contribution is -2.21. The molecule has 1 aromatic carbocycles. The number of hydrogen-bond acceptors (Lipinski definition) is 4. The fourth-order valence-corrected chi connectivity index (χ4v) is 1.42. The molecule has 0 aliphatic heterocycles. The molecule has 84 valence electrons. The van der Waals surface area contributed by atoms with Crippen LogP contribution in [-0.4, -0.2) is 24.5 Å². The van der Waals surface area contributed by atoms with E-state index in [0.29, 0.717) is 11.8 Å². The molecule has 0 spiro atoms. The molecule has 0 aliphatic carbocycles. The van der Waals surface area contributed by atoms with E-state index in [1.165, 1.54) is 0 Å². The van der Waals surface area contributed by atoms with Gasteiger partial charge in [0.1, 0.15) is 5.75 Å². The predicted molar refractivity (Wildman–Crippen MR) is 62.1 cm³/mol. The van der Waals surface area contributed by atoms with Crippen molar-refractivity contribution in [3.63, 3.8) is 0 Å². The van der Waals surface area contributed by atoms with Gasteiger partial charge in [-0.3, -0.25) is 4.79 Å². The van der Waals surface area contributed by atoms with Crippen LogP contribution in [0.2, 0.25) is 0 Å². The molecule has 0 saturated heterocycles. The van der Waals surface area contributed by atoms with Crippen molar-refractivity contribution in [3.8, 4) is 5.75 Å². The molecule has 0 unspecified atom stereocenters. The maximum absolute atomic E-state index is 10.5. The average molecular weight is 210 g/mol. The zero-order valence-electron chi connectivity index (χ0n) is 9.23. The molecule has 4 heteroatoms. The zero-order valence-corrected chi connectivity index (χ0v) is 9.23. The quantitative estimate of drug-likeness (QED) is 0.747. The van der Waals surface area contributed by atoms with Crippen LogP contribution in [0.15, 0.2) is 18.2 Å². The normalized spacial score (nSPS) is 9.20. The molecule has 0 atom stereocenters. The molecular weight excluding hydrogens is 192 g/mol. The number of phenols is 1. The van der Waals surface area contributed by atoms with E-state index in [2.05, 4.69) is 4.90 Å². The number of phenolic OH excluding ortho intramolecular Hbond substituents is 1. The Labute approximate surface area is 90.1 Å². The lowest BCUT2D eigenvalue weighted by Gasteiger charge is -2.21. The Kier molecular flexibility index (Phi) is 5.41. The van der Waals surface area contributed by atoms with E-state index >= 15 is 0 Å². The summed E-state index contributed by atoms with van der Waals surface area (Å²) < 4.78 is 0. The van der Waals surface area contributed by atoms with Gasteiger partial charge in [0.05, 0.1) is 5.56 Å². The number of rotatable bonds is 4. The van der Waals surface area contributed by atoms with Gasteiger partial charge in [-0.1, -0.05) is 0 Å². The first kappa shape index (κ1) is 13.4. The van der Waals surface area contributed by atoms with Gasteiger partial charge in [-0.05, 0) is 26.0 Å². The first-order valence-electron chi connectivity index (χ1n) is 4.76. The summed E-state index contributed by atoms with van der Waals surface area (Å²) in [6.45, 7) is 5.87.